The van der Waals surface area contributed by atoms with Crippen LogP contribution in [0.3, 0.4) is 0 Å². The van der Waals surface area contributed by atoms with E-state index in [1.165, 1.54) is 0 Å². The highest BCUT2D eigenvalue weighted by Crippen LogP contribution is 2.22. The number of hydrogen-bond acceptors (Lipinski definition) is 2. The first-order valence-electron chi connectivity index (χ1n) is 7.57. The summed E-state index contributed by atoms with van der Waals surface area (Å²) in [5, 5.41) is 1.22. The summed E-state index contributed by atoms with van der Waals surface area (Å²) in [5.41, 5.74) is 2.21. The van der Waals surface area contributed by atoms with Crippen molar-refractivity contribution in [1.82, 2.24) is 9.55 Å². The van der Waals surface area contributed by atoms with Gasteiger partial charge in [0.05, 0.1) is 16.6 Å². The van der Waals surface area contributed by atoms with E-state index in [0.717, 1.165) is 11.3 Å². The van der Waals surface area contributed by atoms with E-state index in [9.17, 15) is 4.79 Å². The van der Waals surface area contributed by atoms with Crippen LogP contribution in [0.15, 0.2) is 83.7 Å². The maximum Gasteiger partial charge on any atom is 0.266 e. The molecule has 1 aromatic heterocycles. The number of hydrogen-bond donors (Lipinski definition) is 0. The van der Waals surface area contributed by atoms with Crippen LogP contribution in [0.25, 0.3) is 28.0 Å². The zero-order chi connectivity index (χ0) is 16.5. The van der Waals surface area contributed by atoms with Gasteiger partial charge in [-0.1, -0.05) is 54.1 Å². The van der Waals surface area contributed by atoms with Crippen molar-refractivity contribution >= 4 is 22.5 Å². The Hall–Kier alpha value is -2.91. The lowest BCUT2D eigenvalue weighted by molar-refractivity contribution is 0.976. The van der Waals surface area contributed by atoms with Crippen LogP contribution in [0.4, 0.5) is 0 Å². The molecule has 0 aliphatic rings. The Morgan fingerprint density at radius 1 is 0.792 bits per heavy atom. The van der Waals surface area contributed by atoms with Crippen LogP contribution in [0, 0.1) is 0 Å². The minimum atomic E-state index is -0.0956. The number of para-hydroxylation sites is 1. The van der Waals surface area contributed by atoms with Gasteiger partial charge in [-0.2, -0.15) is 0 Å². The maximum atomic E-state index is 13.1. The second-order valence-electron chi connectivity index (χ2n) is 5.44. The number of aromatic nitrogens is 2. The summed E-state index contributed by atoms with van der Waals surface area (Å²) in [6.45, 7) is 0. The molecule has 0 saturated carbocycles. The highest BCUT2D eigenvalue weighted by atomic mass is 35.5. The average molecular weight is 333 g/mol. The zero-order valence-corrected chi connectivity index (χ0v) is 13.4. The topological polar surface area (TPSA) is 34.9 Å². The molecule has 1 heterocycles. The minimum absolute atomic E-state index is 0.0956. The molecule has 3 nitrogen and oxygen atoms in total. The monoisotopic (exact) mass is 332 g/mol. The van der Waals surface area contributed by atoms with E-state index >= 15 is 0 Å². The van der Waals surface area contributed by atoms with Crippen molar-refractivity contribution in [1.29, 1.82) is 0 Å². The molecule has 116 valence electrons. The van der Waals surface area contributed by atoms with Crippen molar-refractivity contribution < 1.29 is 0 Å². The molecule has 0 fully saturated rings. The van der Waals surface area contributed by atoms with Gasteiger partial charge in [0, 0.05) is 10.6 Å². The van der Waals surface area contributed by atoms with Crippen molar-refractivity contribution in [3.8, 4) is 17.1 Å². The van der Waals surface area contributed by atoms with Crippen molar-refractivity contribution in [2.24, 2.45) is 0 Å². The first-order valence-corrected chi connectivity index (χ1v) is 7.95. The molecular formula is C20H13ClN2O. The van der Waals surface area contributed by atoms with Crippen LogP contribution in [0.1, 0.15) is 0 Å². The predicted molar refractivity (Wildman–Crippen MR) is 97.8 cm³/mol. The van der Waals surface area contributed by atoms with Crippen molar-refractivity contribution in [3.05, 3.63) is 94.2 Å². The number of fused-ring (bicyclic) bond motifs is 1. The fraction of sp³-hybridized carbons (Fsp3) is 0. The third-order valence-corrected chi connectivity index (χ3v) is 4.14. The SMILES string of the molecule is O=c1c2ccccc2nc(-c2ccccc2)n1-c1ccc(Cl)cc1. The van der Waals surface area contributed by atoms with Crippen LogP contribution in [0.2, 0.25) is 5.02 Å². The van der Waals surface area contributed by atoms with E-state index in [1.807, 2.05) is 60.7 Å². The molecule has 0 bridgehead atoms. The van der Waals surface area contributed by atoms with E-state index in [1.54, 1.807) is 22.8 Å². The lowest BCUT2D eigenvalue weighted by Crippen LogP contribution is -2.21. The Bertz CT molecular complexity index is 1070. The normalized spacial score (nSPS) is 10.9. The standard InChI is InChI=1S/C20H13ClN2O/c21-15-10-12-16(13-11-15)23-19(14-6-2-1-3-7-14)22-18-9-5-4-8-17(18)20(23)24/h1-13H. The van der Waals surface area contributed by atoms with Gasteiger partial charge in [0.15, 0.2) is 0 Å². The molecule has 0 N–H and O–H groups in total. The molecule has 4 aromatic rings. The first-order chi connectivity index (χ1) is 11.7. The summed E-state index contributed by atoms with van der Waals surface area (Å²) in [4.78, 5) is 17.8. The van der Waals surface area contributed by atoms with Crippen molar-refractivity contribution in [3.63, 3.8) is 0 Å². The fourth-order valence-electron chi connectivity index (χ4n) is 2.74. The second kappa shape index (κ2) is 5.95. The van der Waals surface area contributed by atoms with E-state index in [2.05, 4.69) is 0 Å². The van der Waals surface area contributed by atoms with Gasteiger partial charge in [0.25, 0.3) is 5.56 Å². The van der Waals surface area contributed by atoms with Crippen LogP contribution in [-0.2, 0) is 0 Å². The lowest BCUT2D eigenvalue weighted by atomic mass is 10.1. The fourth-order valence-corrected chi connectivity index (χ4v) is 2.87. The Labute approximate surface area is 143 Å². The Kier molecular flexibility index (Phi) is 3.63. The summed E-state index contributed by atoms with van der Waals surface area (Å²) in [6, 6.07) is 24.3. The first kappa shape index (κ1) is 14.7. The average Bonchev–Trinajstić information content (AvgIpc) is 2.63. The van der Waals surface area contributed by atoms with Gasteiger partial charge in [-0.05, 0) is 36.4 Å². The molecule has 0 unspecified atom stereocenters. The third-order valence-electron chi connectivity index (χ3n) is 3.89. The molecular weight excluding hydrogens is 320 g/mol. The largest absolute Gasteiger partial charge is 0.268 e. The number of nitrogens with zero attached hydrogens (tertiary/aromatic N) is 2. The van der Waals surface area contributed by atoms with Crippen LogP contribution < -0.4 is 5.56 Å². The van der Waals surface area contributed by atoms with Crippen molar-refractivity contribution in [2.75, 3.05) is 0 Å². The van der Waals surface area contributed by atoms with Gasteiger partial charge in [-0.25, -0.2) is 4.98 Å². The lowest BCUT2D eigenvalue weighted by Gasteiger charge is -2.14. The third kappa shape index (κ3) is 2.49. The molecule has 3 aromatic carbocycles. The summed E-state index contributed by atoms with van der Waals surface area (Å²) >= 11 is 5.99. The molecule has 0 amide bonds. The summed E-state index contributed by atoms with van der Waals surface area (Å²) < 4.78 is 1.63. The van der Waals surface area contributed by atoms with Crippen LogP contribution in [-0.4, -0.2) is 9.55 Å². The summed E-state index contributed by atoms with van der Waals surface area (Å²) in [5.74, 6) is 0.613. The highest BCUT2D eigenvalue weighted by Gasteiger charge is 2.13. The van der Waals surface area contributed by atoms with Crippen LogP contribution >= 0.6 is 11.6 Å². The number of halogens is 1. The van der Waals surface area contributed by atoms with Gasteiger partial charge in [-0.3, -0.25) is 9.36 Å². The maximum absolute atomic E-state index is 13.1. The van der Waals surface area contributed by atoms with Crippen molar-refractivity contribution in [2.45, 2.75) is 0 Å². The van der Waals surface area contributed by atoms with Gasteiger partial charge in [0.1, 0.15) is 5.82 Å². The summed E-state index contributed by atoms with van der Waals surface area (Å²) in [6.07, 6.45) is 0. The molecule has 0 spiro atoms. The Balaban J connectivity index is 2.11. The Morgan fingerprint density at radius 2 is 1.46 bits per heavy atom. The molecule has 0 aliphatic heterocycles. The van der Waals surface area contributed by atoms with E-state index in [4.69, 9.17) is 16.6 Å². The quantitative estimate of drug-likeness (QED) is 0.533. The second-order valence-corrected chi connectivity index (χ2v) is 5.87. The van der Waals surface area contributed by atoms with Crippen LogP contribution in [0.5, 0.6) is 0 Å². The number of benzene rings is 3. The molecule has 4 heteroatoms. The predicted octanol–water partition coefficient (Wildman–Crippen LogP) is 4.71. The van der Waals surface area contributed by atoms with E-state index in [-0.39, 0.29) is 5.56 Å². The highest BCUT2D eigenvalue weighted by molar-refractivity contribution is 6.30. The summed E-state index contributed by atoms with van der Waals surface area (Å²) in [7, 11) is 0. The minimum Gasteiger partial charge on any atom is -0.268 e. The van der Waals surface area contributed by atoms with E-state index < -0.39 is 0 Å². The Morgan fingerprint density at radius 3 is 2.21 bits per heavy atom. The zero-order valence-electron chi connectivity index (χ0n) is 12.7. The van der Waals surface area contributed by atoms with E-state index in [0.29, 0.717) is 21.7 Å². The van der Waals surface area contributed by atoms with Gasteiger partial charge in [0.2, 0.25) is 0 Å². The number of rotatable bonds is 2. The van der Waals surface area contributed by atoms with Gasteiger partial charge >= 0.3 is 0 Å². The smallest absolute Gasteiger partial charge is 0.266 e. The van der Waals surface area contributed by atoms with Gasteiger partial charge < -0.3 is 0 Å². The molecule has 0 radical (unpaired) electrons. The molecule has 0 atom stereocenters. The molecule has 24 heavy (non-hydrogen) atoms. The van der Waals surface area contributed by atoms with Gasteiger partial charge in [-0.15, -0.1) is 0 Å². The molecule has 0 aliphatic carbocycles. The molecule has 0 saturated heterocycles. The molecule has 4 rings (SSSR count).